The Morgan fingerprint density at radius 3 is 3.00 bits per heavy atom. The molecule has 0 radical (unpaired) electrons. The van der Waals surface area contributed by atoms with E-state index in [0.717, 1.165) is 32.4 Å². The van der Waals surface area contributed by atoms with Gasteiger partial charge < -0.3 is 15.0 Å². The summed E-state index contributed by atoms with van der Waals surface area (Å²) in [4.78, 5) is 24.6. The Kier molecular flexibility index (Phi) is 5.39. The van der Waals surface area contributed by atoms with Crippen molar-refractivity contribution in [3.63, 3.8) is 0 Å². The number of carbonyl (C=O) groups is 1. The summed E-state index contributed by atoms with van der Waals surface area (Å²) in [5.41, 5.74) is 3.26. The molecule has 1 amide bonds. The molecule has 0 fully saturated rings. The predicted molar refractivity (Wildman–Crippen MR) is 124 cm³/mol. The second-order valence-corrected chi connectivity index (χ2v) is 8.78. The molecular weight excluding hydrogens is 432 g/mol. The zero-order chi connectivity index (χ0) is 21.2. The molecule has 10 heteroatoms. The minimum atomic E-state index is -0.101. The number of thiazole rings is 1. The van der Waals surface area contributed by atoms with Gasteiger partial charge >= 0.3 is 0 Å². The number of carbonyl (C=O) groups excluding carboxylic acids is 1. The molecule has 156 valence electrons. The largest absolute Gasteiger partial charge is 0.494 e. The lowest BCUT2D eigenvalue weighted by Gasteiger charge is -2.01. The highest BCUT2D eigenvalue weighted by Gasteiger charge is 2.11. The van der Waals surface area contributed by atoms with E-state index in [9.17, 15) is 4.79 Å². The van der Waals surface area contributed by atoms with Crippen molar-refractivity contribution in [3.8, 4) is 5.75 Å². The predicted octanol–water partition coefficient (Wildman–Crippen LogP) is 4.64. The molecule has 0 bridgehead atoms. The van der Waals surface area contributed by atoms with Gasteiger partial charge in [-0.25, -0.2) is 9.97 Å². The van der Waals surface area contributed by atoms with Crippen LogP contribution in [0.5, 0.6) is 5.75 Å². The van der Waals surface area contributed by atoms with Gasteiger partial charge in [0.25, 0.3) is 0 Å². The molecule has 0 spiro atoms. The number of para-hydroxylation sites is 1. The summed E-state index contributed by atoms with van der Waals surface area (Å²) < 4.78 is 6.49. The number of thioether (sulfide) groups is 1. The normalized spacial score (nSPS) is 11.4. The van der Waals surface area contributed by atoms with Crippen LogP contribution in [0.2, 0.25) is 0 Å². The molecule has 5 aromatic rings. The molecule has 0 aliphatic carbocycles. The summed E-state index contributed by atoms with van der Waals surface area (Å²) in [6.45, 7) is 2.55. The molecule has 0 saturated heterocycles. The number of hydrogen-bond acceptors (Lipinski definition) is 8. The second kappa shape index (κ2) is 8.48. The van der Waals surface area contributed by atoms with Crippen LogP contribution in [0.15, 0.2) is 47.6 Å². The van der Waals surface area contributed by atoms with Crippen LogP contribution in [0.3, 0.4) is 0 Å². The summed E-state index contributed by atoms with van der Waals surface area (Å²) in [5.74, 6) is 1.24. The number of amides is 1. The first-order valence-electron chi connectivity index (χ1n) is 9.77. The molecule has 2 aromatic carbocycles. The van der Waals surface area contributed by atoms with Crippen molar-refractivity contribution in [2.75, 3.05) is 17.7 Å². The molecule has 3 heterocycles. The molecule has 0 saturated carbocycles. The third-order valence-electron chi connectivity index (χ3n) is 4.58. The highest BCUT2D eigenvalue weighted by molar-refractivity contribution is 7.99. The molecule has 0 aliphatic heterocycles. The number of H-pyrrole nitrogens is 1. The van der Waals surface area contributed by atoms with Crippen LogP contribution >= 0.6 is 23.1 Å². The lowest BCUT2D eigenvalue weighted by atomic mass is 10.2. The fraction of sp³-hybridized carbons (Fsp3) is 0.190. The van der Waals surface area contributed by atoms with E-state index in [1.807, 2.05) is 49.4 Å². The minimum Gasteiger partial charge on any atom is -0.494 e. The number of aromatic nitrogens is 5. The topological polar surface area (TPSA) is 106 Å². The van der Waals surface area contributed by atoms with Crippen LogP contribution in [-0.4, -0.2) is 43.4 Å². The first kappa shape index (κ1) is 19.7. The summed E-state index contributed by atoms with van der Waals surface area (Å²) in [6, 6.07) is 13.6. The van der Waals surface area contributed by atoms with E-state index in [-0.39, 0.29) is 5.91 Å². The Labute approximate surface area is 185 Å². The Morgan fingerprint density at radius 1 is 1.19 bits per heavy atom. The van der Waals surface area contributed by atoms with Gasteiger partial charge in [-0.05, 0) is 31.2 Å². The Balaban J connectivity index is 1.20. The van der Waals surface area contributed by atoms with Gasteiger partial charge in [0.2, 0.25) is 11.1 Å². The molecule has 8 nitrogen and oxygen atoms in total. The Hall–Kier alpha value is -3.24. The van der Waals surface area contributed by atoms with Crippen LogP contribution in [0.25, 0.3) is 32.3 Å². The van der Waals surface area contributed by atoms with E-state index in [1.165, 1.54) is 23.1 Å². The van der Waals surface area contributed by atoms with Crippen molar-refractivity contribution < 1.29 is 9.53 Å². The number of nitrogens with zero attached hydrogens (tertiary/aromatic N) is 4. The second-order valence-electron chi connectivity index (χ2n) is 6.69. The quantitative estimate of drug-likeness (QED) is 0.348. The van der Waals surface area contributed by atoms with E-state index in [2.05, 4.69) is 30.5 Å². The molecule has 0 unspecified atom stereocenters. The number of benzene rings is 2. The summed E-state index contributed by atoms with van der Waals surface area (Å²) in [7, 11) is 0. The van der Waals surface area contributed by atoms with Gasteiger partial charge in [-0.1, -0.05) is 41.3 Å². The average molecular weight is 451 g/mol. The fourth-order valence-corrected chi connectivity index (χ4v) is 4.83. The molecule has 0 aliphatic rings. The van der Waals surface area contributed by atoms with E-state index in [0.29, 0.717) is 34.7 Å². The third kappa shape index (κ3) is 4.17. The number of ether oxygens (including phenoxy) is 1. The van der Waals surface area contributed by atoms with Gasteiger partial charge in [0.1, 0.15) is 11.3 Å². The molecular formula is C21H18N6O2S2. The number of aromatic amines is 1. The Morgan fingerprint density at radius 2 is 2.10 bits per heavy atom. The van der Waals surface area contributed by atoms with Gasteiger partial charge in [-0.15, -0.1) is 10.2 Å². The van der Waals surface area contributed by atoms with E-state index in [1.54, 1.807) is 0 Å². The van der Waals surface area contributed by atoms with Crippen molar-refractivity contribution in [2.24, 2.45) is 0 Å². The summed E-state index contributed by atoms with van der Waals surface area (Å²) in [5, 5.41) is 13.5. The highest BCUT2D eigenvalue weighted by atomic mass is 32.2. The zero-order valence-electron chi connectivity index (χ0n) is 16.6. The van der Waals surface area contributed by atoms with E-state index in [4.69, 9.17) is 4.74 Å². The third-order valence-corrected chi connectivity index (χ3v) is 6.35. The van der Waals surface area contributed by atoms with Crippen LogP contribution in [0, 0.1) is 0 Å². The first-order chi connectivity index (χ1) is 15.2. The fourth-order valence-electron chi connectivity index (χ4n) is 3.20. The van der Waals surface area contributed by atoms with Gasteiger partial charge in [-0.3, -0.25) is 4.79 Å². The van der Waals surface area contributed by atoms with Gasteiger partial charge in [0.05, 0.1) is 16.8 Å². The smallest absolute Gasteiger partial charge is 0.226 e. The van der Waals surface area contributed by atoms with Crippen molar-refractivity contribution >= 4 is 66.4 Å². The van der Waals surface area contributed by atoms with Gasteiger partial charge in [0.15, 0.2) is 10.8 Å². The average Bonchev–Trinajstić information content (AvgIpc) is 3.33. The molecule has 31 heavy (non-hydrogen) atoms. The number of rotatable bonds is 7. The molecule has 5 rings (SSSR count). The van der Waals surface area contributed by atoms with Crippen molar-refractivity contribution in [1.82, 2.24) is 25.1 Å². The SMILES string of the molecule is CCOc1ccc2nc(NC(=O)CCSc3nnc4c(n3)[nH]c3ccccc34)sc2c1. The number of anilines is 1. The van der Waals surface area contributed by atoms with Crippen molar-refractivity contribution in [1.29, 1.82) is 0 Å². The van der Waals surface area contributed by atoms with Gasteiger partial charge in [-0.2, -0.15) is 0 Å². The first-order valence-corrected chi connectivity index (χ1v) is 11.6. The molecule has 0 atom stereocenters. The molecule has 3 aromatic heterocycles. The van der Waals surface area contributed by atoms with Crippen molar-refractivity contribution in [3.05, 3.63) is 42.5 Å². The molecule has 2 N–H and O–H groups in total. The van der Waals surface area contributed by atoms with E-state index < -0.39 is 0 Å². The van der Waals surface area contributed by atoms with Crippen LogP contribution < -0.4 is 10.1 Å². The summed E-state index contributed by atoms with van der Waals surface area (Å²) >= 11 is 2.83. The summed E-state index contributed by atoms with van der Waals surface area (Å²) in [6.07, 6.45) is 0.318. The maximum atomic E-state index is 12.3. The van der Waals surface area contributed by atoms with Gasteiger partial charge in [0, 0.05) is 23.1 Å². The lowest BCUT2D eigenvalue weighted by molar-refractivity contribution is -0.115. The minimum absolute atomic E-state index is 0.101. The number of nitrogens with one attached hydrogen (secondary N) is 2. The van der Waals surface area contributed by atoms with Crippen LogP contribution in [0.4, 0.5) is 5.13 Å². The Bertz CT molecular complexity index is 1400. The van der Waals surface area contributed by atoms with Crippen LogP contribution in [0.1, 0.15) is 13.3 Å². The number of hydrogen-bond donors (Lipinski definition) is 2. The lowest BCUT2D eigenvalue weighted by Crippen LogP contribution is -2.12. The highest BCUT2D eigenvalue weighted by Crippen LogP contribution is 2.29. The van der Waals surface area contributed by atoms with E-state index >= 15 is 0 Å². The van der Waals surface area contributed by atoms with Crippen molar-refractivity contribution in [2.45, 2.75) is 18.5 Å². The van der Waals surface area contributed by atoms with Crippen LogP contribution in [-0.2, 0) is 4.79 Å². The maximum absolute atomic E-state index is 12.3. The number of fused-ring (bicyclic) bond motifs is 4. The zero-order valence-corrected chi connectivity index (χ0v) is 18.2. The monoisotopic (exact) mass is 450 g/mol. The maximum Gasteiger partial charge on any atom is 0.226 e. The standard InChI is InChI=1S/C21H18N6O2S2/c1-2-29-12-7-8-15-16(11-12)31-20(23-15)24-17(28)9-10-30-21-25-19-18(26-27-21)13-5-3-4-6-14(13)22-19/h3-8,11H,2,9-10H2,1H3,(H,22,25,27)(H,23,24,28).